The van der Waals surface area contributed by atoms with Gasteiger partial charge in [-0.1, -0.05) is 0 Å². The fraction of sp³-hybridized carbons (Fsp3) is 0.435. The number of ether oxygens (including phenoxy) is 7. The molecule has 0 spiro atoms. The fourth-order valence-corrected chi connectivity index (χ4v) is 4.41. The Hall–Kier alpha value is -3.13. The molecule has 0 fully saturated rings. The molecule has 0 aromatic heterocycles. The Morgan fingerprint density at radius 3 is 2.23 bits per heavy atom. The molecule has 2 aromatic carbocycles. The van der Waals surface area contributed by atoms with Crippen LogP contribution in [0.15, 0.2) is 18.2 Å². The molecule has 31 heavy (non-hydrogen) atoms. The first-order valence-electron chi connectivity index (χ1n) is 9.91. The van der Waals surface area contributed by atoms with E-state index in [0.717, 1.165) is 22.3 Å². The lowest BCUT2D eigenvalue weighted by Gasteiger charge is -2.31. The SMILES string of the molecule is COC(=O)C1Cc2c(OC)cc(OC)c(OC)c2-c2cc3c(cc2CC1OC)OCO3. The summed E-state index contributed by atoms with van der Waals surface area (Å²) < 4.78 is 39.2. The topological polar surface area (TPSA) is 81.7 Å². The van der Waals surface area contributed by atoms with Gasteiger partial charge in [0.1, 0.15) is 5.75 Å². The Labute approximate surface area is 180 Å². The molecule has 2 aliphatic rings. The first-order chi connectivity index (χ1) is 15.1. The summed E-state index contributed by atoms with van der Waals surface area (Å²) in [6, 6.07) is 5.63. The predicted octanol–water partition coefficient (Wildman–Crippen LogP) is 3.01. The maximum atomic E-state index is 12.7. The average Bonchev–Trinajstić information content (AvgIpc) is 3.25. The molecule has 0 N–H and O–H groups in total. The van der Waals surface area contributed by atoms with Gasteiger partial charge in [0, 0.05) is 30.7 Å². The molecule has 2 unspecified atom stereocenters. The van der Waals surface area contributed by atoms with Gasteiger partial charge in [0.05, 0.1) is 40.5 Å². The van der Waals surface area contributed by atoms with E-state index < -0.39 is 12.0 Å². The van der Waals surface area contributed by atoms with Crippen LogP contribution in [0.25, 0.3) is 11.1 Å². The molecule has 0 saturated heterocycles. The van der Waals surface area contributed by atoms with Crippen LogP contribution in [0.5, 0.6) is 28.7 Å². The lowest BCUT2D eigenvalue weighted by Crippen LogP contribution is -2.35. The fourth-order valence-electron chi connectivity index (χ4n) is 4.41. The minimum atomic E-state index is -0.542. The Morgan fingerprint density at radius 2 is 1.61 bits per heavy atom. The van der Waals surface area contributed by atoms with Crippen LogP contribution in [-0.4, -0.2) is 54.4 Å². The van der Waals surface area contributed by atoms with Gasteiger partial charge in [0.15, 0.2) is 23.0 Å². The molecule has 1 aliphatic carbocycles. The molecule has 0 saturated carbocycles. The monoisotopic (exact) mass is 430 g/mol. The Balaban J connectivity index is 2.06. The molecule has 0 radical (unpaired) electrons. The molecule has 8 nitrogen and oxygen atoms in total. The number of benzene rings is 2. The summed E-state index contributed by atoms with van der Waals surface area (Å²) in [6.45, 7) is 0.155. The lowest BCUT2D eigenvalue weighted by atomic mass is 9.80. The van der Waals surface area contributed by atoms with Crippen LogP contribution in [0, 0.1) is 5.92 Å². The smallest absolute Gasteiger partial charge is 0.311 e. The number of hydrogen-bond acceptors (Lipinski definition) is 8. The van der Waals surface area contributed by atoms with Gasteiger partial charge < -0.3 is 33.2 Å². The molecule has 1 aliphatic heterocycles. The third-order valence-corrected chi connectivity index (χ3v) is 5.92. The normalized spacial score (nSPS) is 18.9. The summed E-state index contributed by atoms with van der Waals surface area (Å²) in [6.07, 6.45) is 0.417. The van der Waals surface area contributed by atoms with Gasteiger partial charge in [-0.25, -0.2) is 0 Å². The Bertz CT molecular complexity index is 1000. The molecular formula is C23H26O8. The van der Waals surface area contributed by atoms with Crippen molar-refractivity contribution in [3.05, 3.63) is 29.3 Å². The van der Waals surface area contributed by atoms with Gasteiger partial charge in [-0.15, -0.1) is 0 Å². The van der Waals surface area contributed by atoms with Crippen molar-refractivity contribution in [3.8, 4) is 39.9 Å². The first-order valence-corrected chi connectivity index (χ1v) is 9.91. The average molecular weight is 430 g/mol. The molecule has 1 heterocycles. The molecule has 166 valence electrons. The van der Waals surface area contributed by atoms with Crippen molar-refractivity contribution >= 4 is 5.97 Å². The van der Waals surface area contributed by atoms with Crippen LogP contribution in [0.1, 0.15) is 11.1 Å². The molecule has 4 rings (SSSR count). The second-order valence-corrected chi connectivity index (χ2v) is 7.34. The highest BCUT2D eigenvalue weighted by atomic mass is 16.7. The van der Waals surface area contributed by atoms with Crippen LogP contribution < -0.4 is 23.7 Å². The van der Waals surface area contributed by atoms with Gasteiger partial charge in [-0.2, -0.15) is 0 Å². The largest absolute Gasteiger partial charge is 0.496 e. The number of carbonyl (C=O) groups excluding carboxylic acids is 1. The summed E-state index contributed by atoms with van der Waals surface area (Å²) in [5, 5.41) is 0. The second-order valence-electron chi connectivity index (χ2n) is 7.34. The minimum Gasteiger partial charge on any atom is -0.496 e. The number of methoxy groups -OCH3 is 5. The van der Waals surface area contributed by atoms with Crippen molar-refractivity contribution in [2.24, 2.45) is 5.92 Å². The van der Waals surface area contributed by atoms with Crippen molar-refractivity contribution in [3.63, 3.8) is 0 Å². The van der Waals surface area contributed by atoms with E-state index in [-0.39, 0.29) is 12.8 Å². The van der Waals surface area contributed by atoms with Gasteiger partial charge in [-0.05, 0) is 29.7 Å². The van der Waals surface area contributed by atoms with Gasteiger partial charge >= 0.3 is 5.97 Å². The highest BCUT2D eigenvalue weighted by molar-refractivity contribution is 5.85. The second kappa shape index (κ2) is 8.55. The lowest BCUT2D eigenvalue weighted by molar-refractivity contribution is -0.150. The summed E-state index contributed by atoms with van der Waals surface area (Å²) in [5.41, 5.74) is 3.41. The van der Waals surface area contributed by atoms with Crippen LogP contribution in [0.4, 0.5) is 0 Å². The molecule has 8 heteroatoms. The molecule has 2 atom stereocenters. The van der Waals surface area contributed by atoms with Crippen molar-refractivity contribution < 1.29 is 38.0 Å². The maximum Gasteiger partial charge on any atom is 0.311 e. The van der Waals surface area contributed by atoms with E-state index >= 15 is 0 Å². The number of hydrogen-bond donors (Lipinski definition) is 0. The summed E-state index contributed by atoms with van der Waals surface area (Å²) in [5.74, 6) is 2.07. The van der Waals surface area contributed by atoms with Crippen LogP contribution in [0.2, 0.25) is 0 Å². The van der Waals surface area contributed by atoms with Crippen molar-refractivity contribution in [2.45, 2.75) is 18.9 Å². The van der Waals surface area contributed by atoms with Gasteiger partial charge in [0.2, 0.25) is 6.79 Å². The summed E-state index contributed by atoms with van der Waals surface area (Å²) in [4.78, 5) is 12.7. The highest BCUT2D eigenvalue weighted by Gasteiger charge is 2.37. The van der Waals surface area contributed by atoms with E-state index in [1.165, 1.54) is 7.11 Å². The van der Waals surface area contributed by atoms with Crippen molar-refractivity contribution in [2.75, 3.05) is 42.3 Å². The first kappa shape index (κ1) is 21.1. The van der Waals surface area contributed by atoms with Gasteiger partial charge in [-0.3, -0.25) is 4.79 Å². The van der Waals surface area contributed by atoms with Crippen LogP contribution >= 0.6 is 0 Å². The summed E-state index contributed by atoms with van der Waals surface area (Å²) in [7, 11) is 7.73. The van der Waals surface area contributed by atoms with E-state index in [1.54, 1.807) is 34.5 Å². The molecule has 0 amide bonds. The zero-order valence-corrected chi connectivity index (χ0v) is 18.3. The number of rotatable bonds is 5. The van der Waals surface area contributed by atoms with Crippen LogP contribution in [-0.2, 0) is 27.1 Å². The van der Waals surface area contributed by atoms with E-state index in [2.05, 4.69) is 0 Å². The highest BCUT2D eigenvalue weighted by Crippen LogP contribution is 2.51. The van der Waals surface area contributed by atoms with Crippen molar-refractivity contribution in [1.29, 1.82) is 0 Å². The third-order valence-electron chi connectivity index (χ3n) is 5.92. The quantitative estimate of drug-likeness (QED) is 0.670. The standard InChI is InChI=1S/C23H26O8/c1-25-16-6-12-7-18-19(31-11-30-18)9-13(12)21-14(8-15(16)23(24)29-5)17(26-2)10-20(27-3)22(21)28-4/h7,9-10,15-16H,6,8,11H2,1-5H3. The van der Waals surface area contributed by atoms with E-state index in [0.29, 0.717) is 41.6 Å². The van der Waals surface area contributed by atoms with E-state index in [4.69, 9.17) is 33.2 Å². The third kappa shape index (κ3) is 3.50. The van der Waals surface area contributed by atoms with Crippen LogP contribution in [0.3, 0.4) is 0 Å². The van der Waals surface area contributed by atoms with Gasteiger partial charge in [0.25, 0.3) is 0 Å². The maximum absolute atomic E-state index is 12.7. The predicted molar refractivity (Wildman–Crippen MR) is 111 cm³/mol. The number of esters is 1. The summed E-state index contributed by atoms with van der Waals surface area (Å²) >= 11 is 0. The minimum absolute atomic E-state index is 0.155. The molecule has 2 aromatic rings. The molecular weight excluding hydrogens is 404 g/mol. The van der Waals surface area contributed by atoms with E-state index in [9.17, 15) is 4.79 Å². The number of carbonyl (C=O) groups is 1. The van der Waals surface area contributed by atoms with Crippen molar-refractivity contribution in [1.82, 2.24) is 0 Å². The zero-order chi connectivity index (χ0) is 22.1. The Morgan fingerprint density at radius 1 is 0.903 bits per heavy atom. The zero-order valence-electron chi connectivity index (χ0n) is 18.3. The Kier molecular flexibility index (Phi) is 5.82. The molecule has 0 bridgehead atoms. The number of fused-ring (bicyclic) bond motifs is 4. The van der Waals surface area contributed by atoms with E-state index in [1.807, 2.05) is 12.1 Å².